The predicted octanol–water partition coefficient (Wildman–Crippen LogP) is 1.83. The van der Waals surface area contributed by atoms with Crippen molar-refractivity contribution in [2.75, 3.05) is 48.5 Å². The van der Waals surface area contributed by atoms with Gasteiger partial charge in [-0.05, 0) is 35.9 Å². The molecule has 0 bridgehead atoms. The summed E-state index contributed by atoms with van der Waals surface area (Å²) < 4.78 is 39.6. The molecule has 212 valence electrons. The van der Waals surface area contributed by atoms with Gasteiger partial charge >= 0.3 is 0 Å². The number of aromatic carboxylic acids is 1. The van der Waals surface area contributed by atoms with Crippen LogP contribution in [0.25, 0.3) is 16.9 Å². The molecule has 0 radical (unpaired) electrons. The number of aliphatic hydroxyl groups excluding tert-OH is 1. The van der Waals surface area contributed by atoms with E-state index >= 15 is 0 Å². The van der Waals surface area contributed by atoms with Crippen LogP contribution in [0.5, 0.6) is 11.5 Å². The monoisotopic (exact) mass is 568 g/mol. The highest BCUT2D eigenvalue weighted by Crippen LogP contribution is 2.32. The SMILES string of the molecule is COc1ccc(OC)c(-n2cc(-c3ccccc3S(=O)(=O)c3ccc(C(=O)[O-])cc3)nn2)c1.C[N+](C)(C)CCO. The first-order chi connectivity index (χ1) is 18.9. The summed E-state index contributed by atoms with van der Waals surface area (Å²) in [4.78, 5) is 10.9. The number of methoxy groups -OCH3 is 2. The molecule has 3 aromatic carbocycles. The van der Waals surface area contributed by atoms with Gasteiger partial charge < -0.3 is 29.0 Å². The molecule has 4 rings (SSSR count). The molecular formula is C28H32N4O7S. The van der Waals surface area contributed by atoms with Gasteiger partial charge in [0.2, 0.25) is 9.84 Å². The molecule has 1 heterocycles. The van der Waals surface area contributed by atoms with Crippen LogP contribution in [0.4, 0.5) is 0 Å². The maximum absolute atomic E-state index is 13.3. The molecule has 1 N–H and O–H groups in total. The van der Waals surface area contributed by atoms with Crippen LogP contribution >= 0.6 is 0 Å². The highest BCUT2D eigenvalue weighted by molar-refractivity contribution is 7.91. The van der Waals surface area contributed by atoms with Crippen LogP contribution in [0.15, 0.2) is 82.7 Å². The molecular weight excluding hydrogens is 536 g/mol. The molecule has 0 aliphatic rings. The maximum atomic E-state index is 13.3. The number of carboxylic acid groups (broad SMARTS) is 1. The molecule has 0 spiro atoms. The molecule has 0 atom stereocenters. The van der Waals surface area contributed by atoms with Crippen molar-refractivity contribution in [2.24, 2.45) is 0 Å². The number of sulfone groups is 1. The van der Waals surface area contributed by atoms with Crippen molar-refractivity contribution >= 4 is 15.8 Å². The quantitative estimate of drug-likeness (QED) is 0.299. The highest BCUT2D eigenvalue weighted by atomic mass is 32.2. The van der Waals surface area contributed by atoms with Gasteiger partial charge in [-0.2, -0.15) is 0 Å². The van der Waals surface area contributed by atoms with Crippen molar-refractivity contribution in [1.82, 2.24) is 15.0 Å². The molecule has 1 aromatic heterocycles. The van der Waals surface area contributed by atoms with Gasteiger partial charge in [0.15, 0.2) is 0 Å². The zero-order chi connectivity index (χ0) is 29.5. The van der Waals surface area contributed by atoms with Crippen molar-refractivity contribution in [3.05, 3.63) is 78.5 Å². The minimum Gasteiger partial charge on any atom is -0.545 e. The first kappa shape index (κ1) is 30.3. The van der Waals surface area contributed by atoms with Crippen molar-refractivity contribution in [2.45, 2.75) is 9.79 Å². The summed E-state index contributed by atoms with van der Waals surface area (Å²) in [5, 5.41) is 27.7. The number of hydrogen-bond donors (Lipinski definition) is 1. The second kappa shape index (κ2) is 12.7. The van der Waals surface area contributed by atoms with Gasteiger partial charge in [0.05, 0.1) is 63.9 Å². The number of carbonyl (C=O) groups is 1. The van der Waals surface area contributed by atoms with Gasteiger partial charge in [0.1, 0.15) is 29.4 Å². The van der Waals surface area contributed by atoms with Crippen LogP contribution in [-0.4, -0.2) is 87.5 Å². The topological polar surface area (TPSA) is 144 Å². The van der Waals surface area contributed by atoms with Crippen molar-refractivity contribution in [3.63, 3.8) is 0 Å². The maximum Gasteiger partial charge on any atom is 0.207 e. The second-order valence-electron chi connectivity index (χ2n) is 9.64. The summed E-state index contributed by atoms with van der Waals surface area (Å²) in [6.45, 7) is 1.11. The molecule has 11 nitrogen and oxygen atoms in total. The Bertz CT molecular complexity index is 1560. The van der Waals surface area contributed by atoms with Gasteiger partial charge in [0.25, 0.3) is 0 Å². The van der Waals surface area contributed by atoms with Crippen LogP contribution < -0.4 is 14.6 Å². The number of nitrogens with zero attached hydrogens (tertiary/aromatic N) is 4. The van der Waals surface area contributed by atoms with E-state index in [2.05, 4.69) is 31.5 Å². The Labute approximate surface area is 233 Å². The van der Waals surface area contributed by atoms with Gasteiger partial charge in [-0.1, -0.05) is 35.5 Å². The van der Waals surface area contributed by atoms with Crippen LogP contribution in [0.2, 0.25) is 0 Å². The van der Waals surface area contributed by atoms with E-state index in [1.165, 1.54) is 42.1 Å². The summed E-state index contributed by atoms with van der Waals surface area (Å²) >= 11 is 0. The van der Waals surface area contributed by atoms with Crippen LogP contribution in [0.3, 0.4) is 0 Å². The zero-order valence-electron chi connectivity index (χ0n) is 22.9. The van der Waals surface area contributed by atoms with Crippen molar-refractivity contribution < 1.29 is 37.4 Å². The Kier molecular flexibility index (Phi) is 9.64. The third kappa shape index (κ3) is 7.23. The lowest BCUT2D eigenvalue weighted by molar-refractivity contribution is -0.870. The fraction of sp³-hybridized carbons (Fsp3) is 0.250. The number of likely N-dealkylation sites (N-methyl/N-ethyl adjacent to an activating group) is 1. The number of aliphatic hydroxyl groups is 1. The summed E-state index contributed by atoms with van der Waals surface area (Å²) in [5.74, 6) is -0.268. The number of quaternary nitrogens is 1. The molecule has 4 aromatic rings. The fourth-order valence-electron chi connectivity index (χ4n) is 3.59. The third-order valence-electron chi connectivity index (χ3n) is 5.75. The number of ether oxygens (including phenoxy) is 2. The van der Waals surface area contributed by atoms with Gasteiger partial charge in [-0.15, -0.1) is 5.10 Å². The lowest BCUT2D eigenvalue weighted by Crippen LogP contribution is -2.36. The van der Waals surface area contributed by atoms with Crippen molar-refractivity contribution in [3.8, 4) is 28.4 Å². The zero-order valence-corrected chi connectivity index (χ0v) is 23.8. The Morgan fingerprint density at radius 2 is 1.68 bits per heavy atom. The van der Waals surface area contributed by atoms with E-state index in [-0.39, 0.29) is 22.0 Å². The van der Waals surface area contributed by atoms with Gasteiger partial charge in [-0.3, -0.25) is 0 Å². The summed E-state index contributed by atoms with van der Waals surface area (Å²) in [5.41, 5.74) is 1.12. The van der Waals surface area contributed by atoms with E-state index in [4.69, 9.17) is 14.6 Å². The van der Waals surface area contributed by atoms with E-state index in [9.17, 15) is 18.3 Å². The predicted molar refractivity (Wildman–Crippen MR) is 146 cm³/mol. The number of carbonyl (C=O) groups excluding carboxylic acids is 1. The fourth-order valence-corrected chi connectivity index (χ4v) is 5.06. The average Bonchev–Trinajstić information content (AvgIpc) is 3.42. The molecule has 0 saturated carbocycles. The van der Waals surface area contributed by atoms with E-state index in [0.717, 1.165) is 11.0 Å². The number of carboxylic acids is 1. The molecule has 0 aliphatic carbocycles. The summed E-state index contributed by atoms with van der Waals surface area (Å²) in [7, 11) is 5.25. The Hall–Kier alpha value is -4.26. The molecule has 0 unspecified atom stereocenters. The largest absolute Gasteiger partial charge is 0.545 e. The number of aromatic nitrogens is 3. The third-order valence-corrected chi connectivity index (χ3v) is 7.58. The van der Waals surface area contributed by atoms with E-state index in [1.807, 2.05) is 0 Å². The van der Waals surface area contributed by atoms with Gasteiger partial charge in [-0.25, -0.2) is 13.1 Å². The van der Waals surface area contributed by atoms with E-state index in [1.54, 1.807) is 49.7 Å². The van der Waals surface area contributed by atoms with Crippen LogP contribution in [-0.2, 0) is 9.84 Å². The molecule has 0 saturated heterocycles. The first-order valence-electron chi connectivity index (χ1n) is 12.1. The molecule has 0 aliphatic heterocycles. The number of benzene rings is 3. The number of hydrogen-bond acceptors (Lipinski definition) is 9. The lowest BCUT2D eigenvalue weighted by Gasteiger charge is -2.21. The Balaban J connectivity index is 0.000000559. The highest BCUT2D eigenvalue weighted by Gasteiger charge is 2.23. The average molecular weight is 569 g/mol. The first-order valence-corrected chi connectivity index (χ1v) is 13.6. The molecule has 40 heavy (non-hydrogen) atoms. The normalized spacial score (nSPS) is 11.3. The summed E-state index contributed by atoms with van der Waals surface area (Å²) in [6, 6.07) is 16.4. The minimum absolute atomic E-state index is 0.0101. The standard InChI is InChI=1S/C23H19N3O6S.C5H14NO/c1-31-16-9-12-21(32-2)20(13-16)26-14-19(24-25-26)18-5-3-4-6-22(18)33(29,30)17-10-7-15(8-11-17)23(27)28;1-6(2,3)4-5-7/h3-14H,1-2H3,(H,27,28);7H,4-5H2,1-3H3/q;+1/p-1. The Morgan fingerprint density at radius 1 is 1.00 bits per heavy atom. The number of rotatable bonds is 9. The molecule has 0 amide bonds. The van der Waals surface area contributed by atoms with Crippen molar-refractivity contribution in [1.29, 1.82) is 0 Å². The van der Waals surface area contributed by atoms with Crippen LogP contribution in [0.1, 0.15) is 10.4 Å². The molecule has 0 fully saturated rings. The molecule has 12 heteroatoms. The minimum atomic E-state index is -3.97. The van der Waals surface area contributed by atoms with Crippen LogP contribution in [0, 0.1) is 0 Å². The Morgan fingerprint density at radius 3 is 2.23 bits per heavy atom. The van der Waals surface area contributed by atoms with E-state index < -0.39 is 15.8 Å². The second-order valence-corrected chi connectivity index (χ2v) is 11.6. The van der Waals surface area contributed by atoms with Gasteiger partial charge in [0, 0.05) is 11.6 Å². The smallest absolute Gasteiger partial charge is 0.207 e. The summed E-state index contributed by atoms with van der Waals surface area (Å²) in [6.07, 6.45) is 1.59. The lowest BCUT2D eigenvalue weighted by atomic mass is 10.2. The van der Waals surface area contributed by atoms with E-state index in [0.29, 0.717) is 28.4 Å².